The highest BCUT2D eigenvalue weighted by molar-refractivity contribution is 7.80. The van der Waals surface area contributed by atoms with Crippen molar-refractivity contribution >= 4 is 36.3 Å². The van der Waals surface area contributed by atoms with Crippen LogP contribution in [0.3, 0.4) is 0 Å². The van der Waals surface area contributed by atoms with E-state index in [0.717, 1.165) is 0 Å². The standard InChI is InChI=1S/C13H24N4O6S/c1-6(2)10(13(22)23)17-12(21)8(4-18)16-9(19)3-15-11(20)7(14)5-24/h6-8,10,18,24H,3-5,14H2,1-2H3,(H,15,20)(H,16,19)(H,17,21)(H,22,23). The normalized spacial score (nSPS) is 14.4. The zero-order valence-electron chi connectivity index (χ0n) is 13.5. The second kappa shape index (κ2) is 10.8. The van der Waals surface area contributed by atoms with Crippen LogP contribution in [-0.4, -0.2) is 70.9 Å². The molecule has 0 saturated carbocycles. The molecule has 0 aromatic rings. The highest BCUT2D eigenvalue weighted by atomic mass is 32.1. The number of carboxylic acid groups (broad SMARTS) is 1. The van der Waals surface area contributed by atoms with Crippen molar-refractivity contribution in [3.8, 4) is 0 Å². The Morgan fingerprint density at radius 1 is 1.12 bits per heavy atom. The smallest absolute Gasteiger partial charge is 0.326 e. The Labute approximate surface area is 144 Å². The first-order valence-corrected chi connectivity index (χ1v) is 7.84. The molecule has 0 aromatic heterocycles. The highest BCUT2D eigenvalue weighted by Gasteiger charge is 2.28. The fourth-order valence-electron chi connectivity index (χ4n) is 1.59. The van der Waals surface area contributed by atoms with E-state index < -0.39 is 55.0 Å². The minimum absolute atomic E-state index is 0.0981. The first kappa shape index (κ1) is 22.1. The first-order valence-electron chi connectivity index (χ1n) is 7.21. The Balaban J connectivity index is 4.58. The third kappa shape index (κ3) is 7.62. The largest absolute Gasteiger partial charge is 0.480 e. The van der Waals surface area contributed by atoms with E-state index in [0.29, 0.717) is 0 Å². The number of nitrogens with two attached hydrogens (primary N) is 1. The maximum atomic E-state index is 12.0. The molecule has 7 N–H and O–H groups in total. The van der Waals surface area contributed by atoms with Gasteiger partial charge in [-0.05, 0) is 5.92 Å². The molecule has 138 valence electrons. The molecule has 3 amide bonds. The fraction of sp³-hybridized carbons (Fsp3) is 0.692. The average molecular weight is 364 g/mol. The first-order chi connectivity index (χ1) is 11.1. The fourth-order valence-corrected chi connectivity index (χ4v) is 1.75. The molecule has 11 heteroatoms. The van der Waals surface area contributed by atoms with E-state index in [1.54, 1.807) is 13.8 Å². The molecular weight excluding hydrogens is 340 g/mol. The number of hydrogen-bond acceptors (Lipinski definition) is 7. The molecule has 0 spiro atoms. The van der Waals surface area contributed by atoms with Gasteiger partial charge in [-0.2, -0.15) is 12.6 Å². The van der Waals surface area contributed by atoms with Crippen LogP contribution >= 0.6 is 12.6 Å². The Morgan fingerprint density at radius 2 is 1.71 bits per heavy atom. The minimum atomic E-state index is -1.34. The topological polar surface area (TPSA) is 171 Å². The van der Waals surface area contributed by atoms with Gasteiger partial charge in [0.15, 0.2) is 0 Å². The maximum Gasteiger partial charge on any atom is 0.326 e. The van der Waals surface area contributed by atoms with Crippen molar-refractivity contribution in [2.75, 3.05) is 18.9 Å². The predicted molar refractivity (Wildman–Crippen MR) is 88.3 cm³/mol. The molecule has 0 fully saturated rings. The number of carbonyl (C=O) groups excluding carboxylic acids is 3. The van der Waals surface area contributed by atoms with E-state index in [9.17, 15) is 24.3 Å². The number of thiol groups is 1. The molecule has 3 atom stereocenters. The molecule has 0 saturated heterocycles. The summed E-state index contributed by atoms with van der Waals surface area (Å²) in [6.07, 6.45) is 0. The van der Waals surface area contributed by atoms with Crippen molar-refractivity contribution in [2.24, 2.45) is 11.7 Å². The monoisotopic (exact) mass is 364 g/mol. The zero-order chi connectivity index (χ0) is 18.9. The van der Waals surface area contributed by atoms with Gasteiger partial charge in [-0.1, -0.05) is 13.8 Å². The van der Waals surface area contributed by atoms with Gasteiger partial charge in [-0.15, -0.1) is 0 Å². The van der Waals surface area contributed by atoms with Gasteiger partial charge in [-0.3, -0.25) is 14.4 Å². The summed E-state index contributed by atoms with van der Waals surface area (Å²) in [6, 6.07) is -3.37. The van der Waals surface area contributed by atoms with Gasteiger partial charge in [0.2, 0.25) is 17.7 Å². The second-order valence-electron chi connectivity index (χ2n) is 5.38. The third-order valence-corrected chi connectivity index (χ3v) is 3.41. The summed E-state index contributed by atoms with van der Waals surface area (Å²) < 4.78 is 0. The van der Waals surface area contributed by atoms with Crippen LogP contribution in [0.25, 0.3) is 0 Å². The van der Waals surface area contributed by atoms with Gasteiger partial charge in [0.1, 0.15) is 12.1 Å². The Morgan fingerprint density at radius 3 is 2.12 bits per heavy atom. The molecule has 0 aliphatic carbocycles. The minimum Gasteiger partial charge on any atom is -0.480 e. The quantitative estimate of drug-likeness (QED) is 0.203. The lowest BCUT2D eigenvalue weighted by Gasteiger charge is -2.22. The highest BCUT2D eigenvalue weighted by Crippen LogP contribution is 2.02. The second-order valence-corrected chi connectivity index (χ2v) is 5.74. The summed E-state index contributed by atoms with van der Waals surface area (Å²) >= 11 is 3.84. The van der Waals surface area contributed by atoms with E-state index in [-0.39, 0.29) is 11.7 Å². The molecule has 10 nitrogen and oxygen atoms in total. The van der Waals surface area contributed by atoms with Crippen LogP contribution in [0.4, 0.5) is 0 Å². The summed E-state index contributed by atoms with van der Waals surface area (Å²) in [6.45, 7) is 2.03. The lowest BCUT2D eigenvalue weighted by atomic mass is 10.0. The van der Waals surface area contributed by atoms with E-state index in [1.807, 2.05) is 0 Å². The van der Waals surface area contributed by atoms with Crippen LogP contribution in [0.15, 0.2) is 0 Å². The number of aliphatic hydroxyl groups is 1. The van der Waals surface area contributed by atoms with Crippen molar-refractivity contribution in [1.82, 2.24) is 16.0 Å². The number of aliphatic hydroxyl groups excluding tert-OH is 1. The van der Waals surface area contributed by atoms with Crippen molar-refractivity contribution in [2.45, 2.75) is 32.0 Å². The third-order valence-electron chi connectivity index (χ3n) is 3.02. The number of carboxylic acids is 1. The van der Waals surface area contributed by atoms with Crippen LogP contribution in [0.2, 0.25) is 0 Å². The molecule has 0 aliphatic rings. The van der Waals surface area contributed by atoms with Crippen LogP contribution in [0.5, 0.6) is 0 Å². The van der Waals surface area contributed by atoms with Crippen molar-refractivity contribution in [3.63, 3.8) is 0 Å². The summed E-state index contributed by atoms with van der Waals surface area (Å²) in [5.41, 5.74) is 5.41. The van der Waals surface area contributed by atoms with E-state index in [4.69, 9.17) is 10.8 Å². The molecule has 0 bridgehead atoms. The van der Waals surface area contributed by atoms with Crippen LogP contribution < -0.4 is 21.7 Å². The Hall–Kier alpha value is -1.85. The van der Waals surface area contributed by atoms with Gasteiger partial charge in [0.25, 0.3) is 0 Å². The van der Waals surface area contributed by atoms with E-state index in [1.165, 1.54) is 0 Å². The molecule has 3 unspecified atom stereocenters. The van der Waals surface area contributed by atoms with Gasteiger partial charge < -0.3 is 31.9 Å². The number of rotatable bonds is 10. The van der Waals surface area contributed by atoms with Crippen LogP contribution in [-0.2, 0) is 19.2 Å². The number of carbonyl (C=O) groups is 4. The van der Waals surface area contributed by atoms with Crippen LogP contribution in [0, 0.1) is 5.92 Å². The number of hydrogen-bond donors (Lipinski definition) is 7. The van der Waals surface area contributed by atoms with Crippen molar-refractivity contribution in [1.29, 1.82) is 0 Å². The molecule has 0 heterocycles. The summed E-state index contributed by atoms with van der Waals surface area (Å²) in [5.74, 6) is -3.68. The summed E-state index contributed by atoms with van der Waals surface area (Å²) in [5, 5.41) is 24.9. The Kier molecular flexibility index (Phi) is 10.0. The maximum absolute atomic E-state index is 12.0. The summed E-state index contributed by atoms with van der Waals surface area (Å²) in [4.78, 5) is 46.1. The van der Waals surface area contributed by atoms with Crippen molar-refractivity contribution < 1.29 is 29.4 Å². The van der Waals surface area contributed by atoms with Gasteiger partial charge in [0.05, 0.1) is 19.2 Å². The molecule has 0 aromatic carbocycles. The molecule has 0 radical (unpaired) electrons. The van der Waals surface area contributed by atoms with Crippen molar-refractivity contribution in [3.05, 3.63) is 0 Å². The SMILES string of the molecule is CC(C)C(NC(=O)C(CO)NC(=O)CNC(=O)C(N)CS)C(=O)O. The average Bonchev–Trinajstić information content (AvgIpc) is 2.53. The zero-order valence-corrected chi connectivity index (χ0v) is 14.4. The molecule has 24 heavy (non-hydrogen) atoms. The molecule has 0 rings (SSSR count). The van der Waals surface area contributed by atoms with E-state index in [2.05, 4.69) is 28.6 Å². The molecular formula is C13H24N4O6S. The van der Waals surface area contributed by atoms with Crippen LogP contribution in [0.1, 0.15) is 13.8 Å². The Bertz CT molecular complexity index is 473. The number of nitrogens with one attached hydrogen (secondary N) is 3. The predicted octanol–water partition coefficient (Wildman–Crippen LogP) is -2.94. The van der Waals surface area contributed by atoms with Gasteiger partial charge in [0, 0.05) is 5.75 Å². The molecule has 0 aliphatic heterocycles. The lowest BCUT2D eigenvalue weighted by Crippen LogP contribution is -2.56. The lowest BCUT2D eigenvalue weighted by molar-refractivity contribution is -0.143. The number of amides is 3. The van der Waals surface area contributed by atoms with Gasteiger partial charge >= 0.3 is 5.97 Å². The van der Waals surface area contributed by atoms with Gasteiger partial charge in [-0.25, -0.2) is 4.79 Å². The summed E-state index contributed by atoms with van der Waals surface area (Å²) in [7, 11) is 0. The number of aliphatic carboxylic acids is 1. The van der Waals surface area contributed by atoms with E-state index >= 15 is 0 Å².